The van der Waals surface area contributed by atoms with Gasteiger partial charge in [0.15, 0.2) is 0 Å². The summed E-state index contributed by atoms with van der Waals surface area (Å²) in [5.74, 6) is -0.681. The van der Waals surface area contributed by atoms with Crippen molar-refractivity contribution in [3.63, 3.8) is 0 Å². The van der Waals surface area contributed by atoms with Crippen molar-refractivity contribution < 1.29 is 14.7 Å². The van der Waals surface area contributed by atoms with Crippen molar-refractivity contribution in [2.45, 2.75) is 44.6 Å². The molecule has 0 heterocycles. The summed E-state index contributed by atoms with van der Waals surface area (Å²) in [6, 6.07) is 7.08. The Hall–Kier alpha value is -2.04. The van der Waals surface area contributed by atoms with E-state index in [0.717, 1.165) is 17.7 Å². The number of para-hydroxylation sites is 1. The van der Waals surface area contributed by atoms with Crippen LogP contribution in [0.5, 0.6) is 0 Å². The van der Waals surface area contributed by atoms with Crippen LogP contribution in [0.1, 0.15) is 44.6 Å². The molecule has 108 valence electrons. The molecular weight excluding hydrogens is 256 g/mol. The molecule has 1 aliphatic rings. The Morgan fingerprint density at radius 3 is 2.40 bits per heavy atom. The van der Waals surface area contributed by atoms with Crippen LogP contribution >= 0.6 is 0 Å². The molecule has 0 aromatic heterocycles. The smallest absolute Gasteiger partial charge is 0.329 e. The summed E-state index contributed by atoms with van der Waals surface area (Å²) in [7, 11) is 0. The number of carboxylic acids is 1. The van der Waals surface area contributed by atoms with Crippen molar-refractivity contribution in [1.29, 1.82) is 0 Å². The maximum absolute atomic E-state index is 12.0. The highest BCUT2D eigenvalue weighted by Crippen LogP contribution is 2.32. The molecule has 0 unspecified atom stereocenters. The quantitative estimate of drug-likeness (QED) is 0.791. The van der Waals surface area contributed by atoms with Gasteiger partial charge in [0.25, 0.3) is 0 Å². The van der Waals surface area contributed by atoms with Crippen LogP contribution in [-0.2, 0) is 4.79 Å². The second kappa shape index (κ2) is 5.53. The molecule has 1 aromatic carbocycles. The second-order valence-corrected chi connectivity index (χ2v) is 5.56. The molecule has 0 aliphatic heterocycles. The second-order valence-electron chi connectivity index (χ2n) is 5.56. The Kier molecular flexibility index (Phi) is 3.97. The van der Waals surface area contributed by atoms with E-state index in [-0.39, 0.29) is 5.92 Å². The van der Waals surface area contributed by atoms with Gasteiger partial charge in [0.1, 0.15) is 5.54 Å². The van der Waals surface area contributed by atoms with E-state index < -0.39 is 17.5 Å². The normalized spacial score (nSPS) is 16.4. The lowest BCUT2D eigenvalue weighted by Gasteiger charge is -2.38. The fourth-order valence-electron chi connectivity index (χ4n) is 2.41. The molecule has 1 aromatic rings. The Morgan fingerprint density at radius 1 is 1.25 bits per heavy atom. The van der Waals surface area contributed by atoms with E-state index in [1.54, 1.807) is 0 Å². The van der Waals surface area contributed by atoms with Crippen molar-refractivity contribution in [1.82, 2.24) is 5.32 Å². The van der Waals surface area contributed by atoms with Crippen molar-refractivity contribution in [2.75, 3.05) is 5.32 Å². The number of rotatable bonds is 4. The minimum absolute atomic E-state index is 0.281. The number of hydrogen-bond acceptors (Lipinski definition) is 2. The lowest BCUT2D eigenvalue weighted by molar-refractivity contribution is -0.148. The molecule has 1 fully saturated rings. The van der Waals surface area contributed by atoms with Gasteiger partial charge in [-0.2, -0.15) is 0 Å². The number of amides is 2. The average Bonchev–Trinajstić information content (AvgIpc) is 2.33. The number of carbonyl (C=O) groups is 2. The van der Waals surface area contributed by atoms with Crippen LogP contribution in [-0.4, -0.2) is 22.6 Å². The molecule has 5 heteroatoms. The summed E-state index contributed by atoms with van der Waals surface area (Å²) >= 11 is 0. The number of carbonyl (C=O) groups excluding carboxylic acids is 1. The molecule has 0 atom stereocenters. The molecule has 0 spiro atoms. The predicted molar refractivity (Wildman–Crippen MR) is 76.9 cm³/mol. The highest BCUT2D eigenvalue weighted by atomic mass is 16.4. The Morgan fingerprint density at radius 2 is 1.90 bits per heavy atom. The molecule has 20 heavy (non-hydrogen) atoms. The summed E-state index contributed by atoms with van der Waals surface area (Å²) in [5, 5.41) is 14.6. The van der Waals surface area contributed by atoms with E-state index in [1.807, 2.05) is 38.1 Å². The first-order valence-electron chi connectivity index (χ1n) is 6.86. The Labute approximate surface area is 118 Å². The van der Waals surface area contributed by atoms with E-state index in [9.17, 15) is 14.7 Å². The highest BCUT2D eigenvalue weighted by Gasteiger charge is 2.45. The van der Waals surface area contributed by atoms with Gasteiger partial charge < -0.3 is 15.7 Å². The number of carboxylic acid groups (broad SMARTS) is 1. The van der Waals surface area contributed by atoms with Crippen LogP contribution in [0.15, 0.2) is 24.3 Å². The maximum Gasteiger partial charge on any atom is 0.329 e. The van der Waals surface area contributed by atoms with E-state index in [0.29, 0.717) is 12.8 Å². The molecular formula is C15H20N2O3. The van der Waals surface area contributed by atoms with Crippen LogP contribution < -0.4 is 10.6 Å². The van der Waals surface area contributed by atoms with Gasteiger partial charge in [0.05, 0.1) is 0 Å². The first-order valence-corrected chi connectivity index (χ1v) is 6.86. The molecule has 2 amide bonds. The van der Waals surface area contributed by atoms with Crippen LogP contribution in [0.2, 0.25) is 0 Å². The summed E-state index contributed by atoms with van der Waals surface area (Å²) in [6.07, 6.45) is 1.80. The van der Waals surface area contributed by atoms with Gasteiger partial charge in [0.2, 0.25) is 0 Å². The fourth-order valence-corrected chi connectivity index (χ4v) is 2.41. The summed E-state index contributed by atoms with van der Waals surface area (Å²) in [5.41, 5.74) is 0.664. The first kappa shape index (κ1) is 14.4. The lowest BCUT2D eigenvalue weighted by atomic mass is 9.77. The van der Waals surface area contributed by atoms with Crippen molar-refractivity contribution in [3.05, 3.63) is 29.8 Å². The number of urea groups is 1. The molecule has 0 saturated heterocycles. The van der Waals surface area contributed by atoms with Crippen molar-refractivity contribution in [3.8, 4) is 0 Å². The van der Waals surface area contributed by atoms with E-state index in [1.165, 1.54) is 0 Å². The average molecular weight is 276 g/mol. The number of nitrogens with one attached hydrogen (secondary N) is 2. The van der Waals surface area contributed by atoms with Gasteiger partial charge in [-0.05, 0) is 36.8 Å². The number of aliphatic carboxylic acids is 1. The van der Waals surface area contributed by atoms with E-state index in [4.69, 9.17) is 0 Å². The van der Waals surface area contributed by atoms with Crippen LogP contribution in [0.3, 0.4) is 0 Å². The molecule has 0 radical (unpaired) electrons. The zero-order valence-corrected chi connectivity index (χ0v) is 11.8. The Bertz CT molecular complexity index is 522. The van der Waals surface area contributed by atoms with Crippen molar-refractivity contribution >= 4 is 17.7 Å². The molecule has 0 bridgehead atoms. The van der Waals surface area contributed by atoms with E-state index >= 15 is 0 Å². The van der Waals surface area contributed by atoms with Gasteiger partial charge >= 0.3 is 12.0 Å². The number of benzene rings is 1. The van der Waals surface area contributed by atoms with E-state index in [2.05, 4.69) is 10.6 Å². The van der Waals surface area contributed by atoms with Gasteiger partial charge in [0, 0.05) is 5.69 Å². The lowest BCUT2D eigenvalue weighted by Crippen LogP contribution is -2.60. The van der Waals surface area contributed by atoms with Crippen molar-refractivity contribution in [2.24, 2.45) is 0 Å². The van der Waals surface area contributed by atoms with Gasteiger partial charge in [-0.25, -0.2) is 9.59 Å². The third kappa shape index (κ3) is 2.76. The molecule has 1 aliphatic carbocycles. The third-order valence-electron chi connectivity index (χ3n) is 3.80. The first-order chi connectivity index (χ1) is 9.44. The zero-order valence-electron chi connectivity index (χ0n) is 11.8. The van der Waals surface area contributed by atoms with Gasteiger partial charge in [-0.3, -0.25) is 0 Å². The largest absolute Gasteiger partial charge is 0.480 e. The standard InChI is InChI=1S/C15H20N2O3/c1-10(2)11-6-3-4-7-12(11)16-14(20)17-15(13(18)19)8-5-9-15/h3-4,6-7,10H,5,8-9H2,1-2H3,(H,18,19)(H2,16,17,20). The number of anilines is 1. The van der Waals surface area contributed by atoms with Crippen LogP contribution in [0.25, 0.3) is 0 Å². The topological polar surface area (TPSA) is 78.4 Å². The summed E-state index contributed by atoms with van der Waals surface area (Å²) < 4.78 is 0. The SMILES string of the molecule is CC(C)c1ccccc1NC(=O)NC1(C(=O)O)CCC1. The van der Waals surface area contributed by atoms with Crippen LogP contribution in [0.4, 0.5) is 10.5 Å². The maximum atomic E-state index is 12.0. The third-order valence-corrected chi connectivity index (χ3v) is 3.80. The molecule has 1 saturated carbocycles. The minimum Gasteiger partial charge on any atom is -0.480 e. The molecule has 5 nitrogen and oxygen atoms in total. The Balaban J connectivity index is 2.07. The number of hydrogen-bond donors (Lipinski definition) is 3. The predicted octanol–water partition coefficient (Wildman–Crippen LogP) is 2.94. The fraction of sp³-hybridized carbons (Fsp3) is 0.467. The molecule has 2 rings (SSSR count). The summed E-state index contributed by atoms with van der Waals surface area (Å²) in [6.45, 7) is 4.09. The minimum atomic E-state index is -1.09. The van der Waals surface area contributed by atoms with Gasteiger partial charge in [-0.1, -0.05) is 32.0 Å². The highest BCUT2D eigenvalue weighted by molar-refractivity contribution is 5.94. The summed E-state index contributed by atoms with van der Waals surface area (Å²) in [4.78, 5) is 23.2. The zero-order chi connectivity index (χ0) is 14.8. The van der Waals surface area contributed by atoms with Gasteiger partial charge in [-0.15, -0.1) is 0 Å². The monoisotopic (exact) mass is 276 g/mol. The molecule has 3 N–H and O–H groups in total. The van der Waals surface area contributed by atoms with Crippen LogP contribution in [0, 0.1) is 0 Å².